The summed E-state index contributed by atoms with van der Waals surface area (Å²) in [7, 11) is 0. The zero-order valence-electron chi connectivity index (χ0n) is 8.56. The first-order valence-corrected chi connectivity index (χ1v) is 5.51. The number of hydrogen-bond donors (Lipinski definition) is 0. The van der Waals surface area contributed by atoms with Crippen molar-refractivity contribution in [2.75, 3.05) is 0 Å². The van der Waals surface area contributed by atoms with Gasteiger partial charge in [0.15, 0.2) is 0 Å². The van der Waals surface area contributed by atoms with Crippen molar-refractivity contribution in [3.05, 3.63) is 39.6 Å². The van der Waals surface area contributed by atoms with E-state index in [1.54, 1.807) is 0 Å². The summed E-state index contributed by atoms with van der Waals surface area (Å²) >= 11 is 0.838. The van der Waals surface area contributed by atoms with E-state index in [0.717, 1.165) is 17.1 Å². The summed E-state index contributed by atoms with van der Waals surface area (Å²) in [6.45, 7) is 4.27. The summed E-state index contributed by atoms with van der Waals surface area (Å²) < 4.78 is 8.84. The molecule has 0 N–H and O–H groups in total. The molecule has 0 radical (unpaired) electrons. The maximum Gasteiger partial charge on any atom is 0.414 e. The van der Waals surface area contributed by atoms with Crippen LogP contribution < -0.4 is 4.94 Å². The summed E-state index contributed by atoms with van der Waals surface area (Å²) in [5, 5.41) is 0. The monoisotopic (exact) mass is 221 g/mol. The molecule has 0 aliphatic heterocycles. The van der Waals surface area contributed by atoms with Crippen LogP contribution in [-0.2, 0) is 0 Å². The lowest BCUT2D eigenvalue weighted by molar-refractivity contribution is 0.543. The van der Waals surface area contributed by atoms with Crippen molar-refractivity contribution in [3.8, 4) is 11.5 Å². The predicted octanol–water partition coefficient (Wildman–Crippen LogP) is 2.89. The predicted molar refractivity (Wildman–Crippen MR) is 60.2 cm³/mol. The highest BCUT2D eigenvalue weighted by atomic mass is 32.1. The van der Waals surface area contributed by atoms with Crippen LogP contribution in [-0.4, -0.2) is 4.37 Å². The van der Waals surface area contributed by atoms with Crippen LogP contribution in [0.5, 0.6) is 0 Å². The van der Waals surface area contributed by atoms with Gasteiger partial charge in [0, 0.05) is 5.56 Å². The van der Waals surface area contributed by atoms with Crippen molar-refractivity contribution in [1.82, 2.24) is 4.37 Å². The lowest BCUT2D eigenvalue weighted by atomic mass is 10.0. The maximum absolute atomic E-state index is 10.8. The van der Waals surface area contributed by atoms with Gasteiger partial charge in [-0.15, -0.1) is 4.37 Å². The van der Waals surface area contributed by atoms with Crippen molar-refractivity contribution in [1.29, 1.82) is 0 Å². The van der Waals surface area contributed by atoms with Crippen LogP contribution in [0, 0.1) is 0 Å². The quantitative estimate of drug-likeness (QED) is 0.783. The molecule has 0 unspecified atom stereocenters. The summed E-state index contributed by atoms with van der Waals surface area (Å²) in [6.07, 6.45) is 0. The van der Waals surface area contributed by atoms with Gasteiger partial charge in [-0.2, -0.15) is 0 Å². The van der Waals surface area contributed by atoms with Gasteiger partial charge in [-0.25, -0.2) is 4.79 Å². The van der Waals surface area contributed by atoms with E-state index >= 15 is 0 Å². The molecule has 0 aliphatic rings. The Balaban J connectivity index is 2.35. The number of aromatic nitrogens is 1. The van der Waals surface area contributed by atoms with Crippen LogP contribution in [0.2, 0.25) is 0 Å². The Morgan fingerprint density at radius 1 is 1.27 bits per heavy atom. The summed E-state index contributed by atoms with van der Waals surface area (Å²) in [5.74, 6) is 0.904. The van der Waals surface area contributed by atoms with E-state index in [9.17, 15) is 4.79 Å². The third-order valence-electron chi connectivity index (χ3n) is 2.21. The van der Waals surface area contributed by atoms with Crippen LogP contribution in [0.25, 0.3) is 11.5 Å². The van der Waals surface area contributed by atoms with Crippen molar-refractivity contribution < 1.29 is 4.42 Å². The molecule has 1 heterocycles. The number of nitrogens with zero attached hydrogens (tertiary/aromatic N) is 1. The smallest absolute Gasteiger partial charge is 0.394 e. The zero-order chi connectivity index (χ0) is 10.8. The van der Waals surface area contributed by atoms with E-state index in [4.69, 9.17) is 4.42 Å². The fraction of sp³-hybridized carbons (Fsp3) is 0.273. The summed E-state index contributed by atoms with van der Waals surface area (Å²) in [6, 6.07) is 7.90. The number of benzene rings is 1. The van der Waals surface area contributed by atoms with Crippen LogP contribution in [0.1, 0.15) is 25.3 Å². The standard InChI is InChI=1S/C11H11NO2S/c1-7(2)8-3-5-9(6-4-8)10-12-15-11(13)14-10/h3-7H,1-2H3. The Morgan fingerprint density at radius 2 is 1.93 bits per heavy atom. The lowest BCUT2D eigenvalue weighted by Crippen LogP contribution is -1.87. The molecule has 78 valence electrons. The number of rotatable bonds is 2. The minimum atomic E-state index is -0.363. The highest BCUT2D eigenvalue weighted by Crippen LogP contribution is 2.20. The lowest BCUT2D eigenvalue weighted by Gasteiger charge is -2.04. The maximum atomic E-state index is 10.8. The van der Waals surface area contributed by atoms with Crippen LogP contribution in [0.4, 0.5) is 0 Å². The molecule has 15 heavy (non-hydrogen) atoms. The van der Waals surface area contributed by atoms with Gasteiger partial charge in [0.1, 0.15) is 0 Å². The summed E-state index contributed by atoms with van der Waals surface area (Å²) in [5.41, 5.74) is 2.11. The third kappa shape index (κ3) is 2.15. The highest BCUT2D eigenvalue weighted by molar-refractivity contribution is 7.02. The first-order chi connectivity index (χ1) is 7.16. The van der Waals surface area contributed by atoms with E-state index in [2.05, 4.69) is 18.2 Å². The Labute approximate surface area is 91.6 Å². The van der Waals surface area contributed by atoms with Crippen molar-refractivity contribution >= 4 is 11.5 Å². The Bertz CT molecular complexity index is 496. The van der Waals surface area contributed by atoms with Crippen molar-refractivity contribution in [3.63, 3.8) is 0 Å². The minimum absolute atomic E-state index is 0.363. The van der Waals surface area contributed by atoms with E-state index in [-0.39, 0.29) is 4.94 Å². The number of hydrogen-bond acceptors (Lipinski definition) is 4. The van der Waals surface area contributed by atoms with Crippen LogP contribution >= 0.6 is 11.5 Å². The van der Waals surface area contributed by atoms with Crippen molar-refractivity contribution in [2.45, 2.75) is 19.8 Å². The third-order valence-corrected chi connectivity index (χ3v) is 2.70. The molecule has 0 spiro atoms. The average Bonchev–Trinajstić information content (AvgIpc) is 2.65. The van der Waals surface area contributed by atoms with E-state index in [0.29, 0.717) is 11.8 Å². The Hall–Kier alpha value is -1.42. The molecule has 1 aromatic carbocycles. The highest BCUT2D eigenvalue weighted by Gasteiger charge is 2.06. The molecule has 0 saturated heterocycles. The molecule has 0 amide bonds. The average molecular weight is 221 g/mol. The second-order valence-corrected chi connectivity index (χ2v) is 4.31. The fourth-order valence-corrected chi connectivity index (χ4v) is 1.73. The van der Waals surface area contributed by atoms with E-state index in [1.165, 1.54) is 5.56 Å². The first-order valence-electron chi connectivity index (χ1n) is 4.74. The molecule has 0 bridgehead atoms. The Kier molecular flexibility index (Phi) is 2.68. The summed E-state index contributed by atoms with van der Waals surface area (Å²) in [4.78, 5) is 10.5. The first kappa shape index (κ1) is 10.1. The second-order valence-electron chi connectivity index (χ2n) is 3.62. The molecule has 0 fully saturated rings. The van der Waals surface area contributed by atoms with Gasteiger partial charge >= 0.3 is 4.94 Å². The SMILES string of the molecule is CC(C)c1ccc(-c2nsc(=O)o2)cc1. The van der Waals surface area contributed by atoms with Gasteiger partial charge in [0.25, 0.3) is 0 Å². The molecule has 4 heteroatoms. The largest absolute Gasteiger partial charge is 0.414 e. The Morgan fingerprint density at radius 3 is 2.40 bits per heavy atom. The van der Waals surface area contributed by atoms with E-state index in [1.807, 2.05) is 24.3 Å². The normalized spacial score (nSPS) is 10.9. The van der Waals surface area contributed by atoms with Gasteiger partial charge in [-0.3, -0.25) is 0 Å². The van der Waals surface area contributed by atoms with E-state index < -0.39 is 0 Å². The molecular formula is C11H11NO2S. The fourth-order valence-electron chi connectivity index (χ4n) is 1.32. The van der Waals surface area contributed by atoms with Crippen molar-refractivity contribution in [2.24, 2.45) is 0 Å². The second kappa shape index (κ2) is 3.98. The minimum Gasteiger partial charge on any atom is -0.394 e. The molecule has 1 aromatic heterocycles. The van der Waals surface area contributed by atoms with Gasteiger partial charge < -0.3 is 4.42 Å². The molecule has 0 aliphatic carbocycles. The van der Waals surface area contributed by atoms with Gasteiger partial charge in [0.2, 0.25) is 5.89 Å². The molecule has 0 atom stereocenters. The molecule has 2 aromatic rings. The van der Waals surface area contributed by atoms with Gasteiger partial charge in [0.05, 0.1) is 11.5 Å². The van der Waals surface area contributed by atoms with Crippen LogP contribution in [0.15, 0.2) is 33.5 Å². The molecular weight excluding hydrogens is 210 g/mol. The molecule has 3 nitrogen and oxygen atoms in total. The zero-order valence-corrected chi connectivity index (χ0v) is 9.38. The topological polar surface area (TPSA) is 43.1 Å². The van der Waals surface area contributed by atoms with Crippen LogP contribution in [0.3, 0.4) is 0 Å². The van der Waals surface area contributed by atoms with Gasteiger partial charge in [-0.1, -0.05) is 26.0 Å². The molecule has 2 rings (SSSR count). The van der Waals surface area contributed by atoms with Gasteiger partial charge in [-0.05, 0) is 23.6 Å². The molecule has 0 saturated carbocycles.